The van der Waals surface area contributed by atoms with E-state index in [-0.39, 0.29) is 12.4 Å². The quantitative estimate of drug-likeness (QED) is 0.659. The van der Waals surface area contributed by atoms with Crippen LogP contribution in [0, 0.1) is 5.41 Å². The summed E-state index contributed by atoms with van der Waals surface area (Å²) in [6.45, 7) is 4.29. The fourth-order valence-corrected chi connectivity index (χ4v) is 2.54. The molecule has 1 rings (SSSR count). The van der Waals surface area contributed by atoms with Gasteiger partial charge in [-0.25, -0.2) is 4.79 Å². The number of rotatable bonds is 6. The van der Waals surface area contributed by atoms with Gasteiger partial charge in [0.05, 0.1) is 0 Å². The van der Waals surface area contributed by atoms with Crippen molar-refractivity contribution in [1.82, 2.24) is 0 Å². The zero-order valence-corrected chi connectivity index (χ0v) is 15.2. The molecule has 0 saturated heterocycles. The van der Waals surface area contributed by atoms with Gasteiger partial charge in [0, 0.05) is 28.5 Å². The molecule has 6 nitrogen and oxygen atoms in total. The molecule has 0 radical (unpaired) electrons. The van der Waals surface area contributed by atoms with E-state index in [2.05, 4.69) is 0 Å². The van der Waals surface area contributed by atoms with Gasteiger partial charge in [-0.1, -0.05) is 32.4 Å². The van der Waals surface area contributed by atoms with Crippen LogP contribution < -0.4 is 4.90 Å². The first-order valence-electron chi connectivity index (χ1n) is 7.23. The Kier molecular flexibility index (Phi) is 6.64. The van der Waals surface area contributed by atoms with Crippen molar-refractivity contribution in [2.24, 2.45) is 5.41 Å². The number of carbonyl (C=O) groups is 2. The molecule has 0 saturated carbocycles. The van der Waals surface area contributed by atoms with Crippen molar-refractivity contribution in [1.29, 1.82) is 0 Å². The van der Waals surface area contributed by atoms with E-state index in [0.29, 0.717) is 10.7 Å². The van der Waals surface area contributed by atoms with Crippen LogP contribution in [0.15, 0.2) is 24.3 Å². The topological polar surface area (TPSA) is 98.1 Å². The van der Waals surface area contributed by atoms with Gasteiger partial charge in [-0.05, 0) is 24.3 Å². The molecule has 0 aliphatic rings. The van der Waals surface area contributed by atoms with Gasteiger partial charge in [0.25, 0.3) is 5.91 Å². The number of benzene rings is 1. The summed E-state index contributed by atoms with van der Waals surface area (Å²) in [5.74, 6) is -2.59. The third-order valence-electron chi connectivity index (χ3n) is 3.81. The predicted octanol–water partition coefficient (Wildman–Crippen LogP) is 2.13. The largest absolute Gasteiger partial charge is 0.479 e. The lowest BCUT2D eigenvalue weighted by molar-refractivity contribution is -0.194. The van der Waals surface area contributed by atoms with Crippen molar-refractivity contribution in [2.75, 3.05) is 17.3 Å². The van der Waals surface area contributed by atoms with Crippen LogP contribution in [0.1, 0.15) is 20.8 Å². The minimum atomic E-state index is -2.67. The highest BCUT2D eigenvalue weighted by molar-refractivity contribution is 6.30. The molecule has 1 aromatic rings. The Morgan fingerprint density at radius 2 is 1.71 bits per heavy atom. The molecule has 0 aliphatic carbocycles. The van der Waals surface area contributed by atoms with Crippen molar-refractivity contribution in [3.8, 4) is 0 Å². The van der Waals surface area contributed by atoms with E-state index in [1.807, 2.05) is 0 Å². The number of carboxylic acid groups (broad SMARTS) is 1. The molecule has 1 amide bonds. The Morgan fingerprint density at radius 1 is 1.21 bits per heavy atom. The second-order valence-electron chi connectivity index (χ2n) is 6.38. The predicted molar refractivity (Wildman–Crippen MR) is 92.6 cm³/mol. The molecule has 0 spiro atoms. The van der Waals surface area contributed by atoms with Crippen molar-refractivity contribution < 1.29 is 24.9 Å². The third-order valence-corrected chi connectivity index (χ3v) is 4.23. The standard InChI is InChI=1S/C16H21Cl2NO5/c1-15(2,3)16(24,14(22)23)12(20)13(21)19(9-8-17)11-6-4-10(18)5-7-11/h4-7,12,20,24H,8-9H2,1-3H3,(H,22,23)/t12-,16+/m0/s1. The number of nitrogens with zero attached hydrogens (tertiary/aromatic N) is 1. The fraction of sp³-hybridized carbons (Fsp3) is 0.500. The number of anilines is 1. The summed E-state index contributed by atoms with van der Waals surface area (Å²) < 4.78 is 0. The molecule has 134 valence electrons. The number of halogens is 2. The highest BCUT2D eigenvalue weighted by Crippen LogP contribution is 2.35. The Morgan fingerprint density at radius 3 is 2.08 bits per heavy atom. The number of alkyl halides is 1. The number of amides is 1. The lowest BCUT2D eigenvalue weighted by Crippen LogP contribution is -2.63. The van der Waals surface area contributed by atoms with Gasteiger partial charge in [0.1, 0.15) is 0 Å². The molecule has 0 fully saturated rings. The first-order valence-corrected chi connectivity index (χ1v) is 8.14. The van der Waals surface area contributed by atoms with E-state index >= 15 is 0 Å². The number of aliphatic carboxylic acids is 1. The van der Waals surface area contributed by atoms with E-state index in [1.165, 1.54) is 32.9 Å². The second kappa shape index (κ2) is 7.70. The zero-order chi connectivity index (χ0) is 18.7. The minimum Gasteiger partial charge on any atom is -0.479 e. The molecule has 24 heavy (non-hydrogen) atoms. The summed E-state index contributed by atoms with van der Waals surface area (Å²) in [7, 11) is 0. The molecule has 0 unspecified atom stereocenters. The lowest BCUT2D eigenvalue weighted by atomic mass is 9.72. The summed E-state index contributed by atoms with van der Waals surface area (Å²) >= 11 is 11.5. The summed E-state index contributed by atoms with van der Waals surface area (Å²) in [5, 5.41) is 30.7. The van der Waals surface area contributed by atoms with E-state index in [4.69, 9.17) is 23.2 Å². The number of hydrogen-bond donors (Lipinski definition) is 3. The molecule has 0 bridgehead atoms. The van der Waals surface area contributed by atoms with Crippen molar-refractivity contribution in [3.05, 3.63) is 29.3 Å². The van der Waals surface area contributed by atoms with Gasteiger partial charge in [0.15, 0.2) is 6.10 Å². The number of aliphatic hydroxyl groups is 2. The first-order chi connectivity index (χ1) is 11.0. The Labute approximate surface area is 150 Å². The monoisotopic (exact) mass is 377 g/mol. The van der Waals surface area contributed by atoms with Gasteiger partial charge in [0.2, 0.25) is 5.60 Å². The number of carboxylic acids is 1. The minimum absolute atomic E-state index is 0.0267. The van der Waals surface area contributed by atoms with Gasteiger partial charge in [-0.15, -0.1) is 11.6 Å². The molecular formula is C16H21Cl2NO5. The van der Waals surface area contributed by atoms with Crippen LogP contribution in [0.25, 0.3) is 0 Å². The summed E-state index contributed by atoms with van der Waals surface area (Å²) in [4.78, 5) is 25.3. The van der Waals surface area contributed by atoms with Crippen molar-refractivity contribution >= 4 is 40.8 Å². The normalized spacial score (nSPS) is 15.5. The average molecular weight is 378 g/mol. The maximum absolute atomic E-state index is 12.7. The molecular weight excluding hydrogens is 357 g/mol. The fourth-order valence-electron chi connectivity index (χ4n) is 2.25. The summed E-state index contributed by atoms with van der Waals surface area (Å²) in [5.41, 5.74) is -3.58. The van der Waals surface area contributed by atoms with E-state index in [9.17, 15) is 24.9 Å². The van der Waals surface area contributed by atoms with Crippen molar-refractivity contribution in [3.63, 3.8) is 0 Å². The van der Waals surface area contributed by atoms with Gasteiger partial charge < -0.3 is 20.2 Å². The maximum Gasteiger partial charge on any atom is 0.339 e. The number of carbonyl (C=O) groups excluding carboxylic acids is 1. The molecule has 8 heteroatoms. The van der Waals surface area contributed by atoms with Crippen LogP contribution in [0.5, 0.6) is 0 Å². The van der Waals surface area contributed by atoms with Gasteiger partial charge in [-0.2, -0.15) is 0 Å². The molecule has 1 aromatic carbocycles. The second-order valence-corrected chi connectivity index (χ2v) is 7.19. The Balaban J connectivity index is 3.27. The summed E-state index contributed by atoms with van der Waals surface area (Å²) in [6.07, 6.45) is -2.17. The zero-order valence-electron chi connectivity index (χ0n) is 13.7. The number of hydrogen-bond acceptors (Lipinski definition) is 4. The van der Waals surface area contributed by atoms with Crippen molar-refractivity contribution in [2.45, 2.75) is 32.5 Å². The maximum atomic E-state index is 12.7. The SMILES string of the molecule is CC(C)(C)[C@](O)(C(=O)O)[C@@H](O)C(=O)N(CCCl)c1ccc(Cl)cc1. The first kappa shape index (κ1) is 20.7. The highest BCUT2D eigenvalue weighted by Gasteiger charge is 2.56. The lowest BCUT2D eigenvalue weighted by Gasteiger charge is -2.40. The van der Waals surface area contributed by atoms with Gasteiger partial charge in [-0.3, -0.25) is 4.79 Å². The van der Waals surface area contributed by atoms with E-state index in [0.717, 1.165) is 4.90 Å². The molecule has 0 aromatic heterocycles. The third kappa shape index (κ3) is 4.00. The van der Waals surface area contributed by atoms with Crippen LogP contribution in [-0.4, -0.2) is 51.3 Å². The molecule has 0 aliphatic heterocycles. The van der Waals surface area contributed by atoms with Crippen LogP contribution in [-0.2, 0) is 9.59 Å². The van der Waals surface area contributed by atoms with Gasteiger partial charge >= 0.3 is 5.97 Å². The average Bonchev–Trinajstić information content (AvgIpc) is 2.50. The molecule has 2 atom stereocenters. The Hall–Kier alpha value is -1.34. The van der Waals surface area contributed by atoms with Crippen LogP contribution >= 0.6 is 23.2 Å². The van der Waals surface area contributed by atoms with Crippen LogP contribution in [0.2, 0.25) is 5.02 Å². The van der Waals surface area contributed by atoms with Crippen LogP contribution in [0.4, 0.5) is 5.69 Å². The molecule has 3 N–H and O–H groups in total. The Bertz CT molecular complexity index is 599. The summed E-state index contributed by atoms with van der Waals surface area (Å²) in [6, 6.07) is 6.17. The van der Waals surface area contributed by atoms with Crippen LogP contribution in [0.3, 0.4) is 0 Å². The number of aliphatic hydroxyl groups excluding tert-OH is 1. The molecule has 0 heterocycles. The smallest absolute Gasteiger partial charge is 0.339 e. The van der Waals surface area contributed by atoms with E-state index < -0.39 is 29.0 Å². The highest BCUT2D eigenvalue weighted by atomic mass is 35.5. The van der Waals surface area contributed by atoms with E-state index in [1.54, 1.807) is 12.1 Å².